The van der Waals surface area contributed by atoms with Crippen LogP contribution in [0.25, 0.3) is 0 Å². The van der Waals surface area contributed by atoms with E-state index in [2.05, 4.69) is 20.6 Å². The van der Waals surface area contributed by atoms with Crippen LogP contribution in [-0.4, -0.2) is 20.6 Å². The Morgan fingerprint density at radius 2 is 2.57 bits per heavy atom. The number of alkyl halides is 1. The summed E-state index contributed by atoms with van der Waals surface area (Å²) in [5, 5.41) is 11.9. The molecule has 0 aromatic carbocycles. The molecule has 5 heteroatoms. The van der Waals surface area contributed by atoms with Crippen molar-refractivity contribution < 1.29 is 4.39 Å². The minimum atomic E-state index is -0.656. The van der Waals surface area contributed by atoms with Gasteiger partial charge in [-0.1, -0.05) is 5.21 Å². The zero-order chi connectivity index (χ0) is 5.11. The first-order chi connectivity index (χ1) is 3.43. The molecule has 1 N–H and O–H groups in total. The van der Waals surface area contributed by atoms with Crippen molar-refractivity contribution in [2.75, 3.05) is 0 Å². The van der Waals surface area contributed by atoms with Crippen molar-refractivity contribution in [1.82, 2.24) is 20.6 Å². The van der Waals surface area contributed by atoms with E-state index in [1.54, 1.807) is 0 Å². The number of halogens is 1. The topological polar surface area (TPSA) is 54.5 Å². The Morgan fingerprint density at radius 3 is 2.86 bits per heavy atom. The lowest BCUT2D eigenvalue weighted by molar-refractivity contribution is 0.466. The summed E-state index contributed by atoms with van der Waals surface area (Å²) >= 11 is 0. The molecule has 1 rings (SSSR count). The highest BCUT2D eigenvalue weighted by molar-refractivity contribution is 4.68. The van der Waals surface area contributed by atoms with Gasteiger partial charge >= 0.3 is 0 Å². The van der Waals surface area contributed by atoms with Crippen molar-refractivity contribution in [2.24, 2.45) is 0 Å². The van der Waals surface area contributed by atoms with E-state index in [0.29, 0.717) is 0 Å². The highest BCUT2D eigenvalue weighted by Gasteiger charge is 1.90. The Morgan fingerprint density at radius 1 is 1.71 bits per heavy atom. The molecular formula is C2H3FN4. The van der Waals surface area contributed by atoms with E-state index < -0.39 is 6.67 Å². The minimum absolute atomic E-state index is 0.0972. The van der Waals surface area contributed by atoms with Gasteiger partial charge in [-0.05, 0) is 0 Å². The monoisotopic (exact) mass is 102 g/mol. The third kappa shape index (κ3) is 0.703. The van der Waals surface area contributed by atoms with Crippen molar-refractivity contribution in [1.29, 1.82) is 0 Å². The molecule has 0 amide bonds. The molecule has 0 saturated carbocycles. The van der Waals surface area contributed by atoms with Gasteiger partial charge in [-0.3, -0.25) is 0 Å². The lowest BCUT2D eigenvalue weighted by Gasteiger charge is -1.69. The average molecular weight is 102 g/mol. The van der Waals surface area contributed by atoms with Gasteiger partial charge in [-0.25, -0.2) is 4.39 Å². The van der Waals surface area contributed by atoms with E-state index in [4.69, 9.17) is 0 Å². The summed E-state index contributed by atoms with van der Waals surface area (Å²) in [5.74, 6) is 0.0972. The van der Waals surface area contributed by atoms with E-state index in [0.717, 1.165) is 0 Å². The molecule has 1 aromatic heterocycles. The van der Waals surface area contributed by atoms with Crippen molar-refractivity contribution in [3.05, 3.63) is 5.82 Å². The standard InChI is InChI=1S/C2H3FN4/c3-1-2-4-6-7-5-2/h1H2,(H,4,5,6,7). The first kappa shape index (κ1) is 4.17. The highest BCUT2D eigenvalue weighted by atomic mass is 19.1. The molecule has 38 valence electrons. The van der Waals surface area contributed by atoms with Crippen molar-refractivity contribution in [3.8, 4) is 0 Å². The second-order valence-electron chi connectivity index (χ2n) is 0.962. The smallest absolute Gasteiger partial charge is 0.205 e. The summed E-state index contributed by atoms with van der Waals surface area (Å²) in [7, 11) is 0. The van der Waals surface area contributed by atoms with Crippen molar-refractivity contribution in [2.45, 2.75) is 6.67 Å². The predicted molar refractivity (Wildman–Crippen MR) is 19.0 cm³/mol. The van der Waals surface area contributed by atoms with Crippen LogP contribution in [-0.2, 0) is 6.67 Å². The van der Waals surface area contributed by atoms with Crippen LogP contribution in [0.5, 0.6) is 0 Å². The SMILES string of the molecule is FCc1nn[nH]n1. The van der Waals surface area contributed by atoms with Gasteiger partial charge < -0.3 is 0 Å². The zero-order valence-corrected chi connectivity index (χ0v) is 3.43. The van der Waals surface area contributed by atoms with Gasteiger partial charge in [0.2, 0.25) is 5.82 Å². The third-order valence-corrected chi connectivity index (χ3v) is 0.509. The quantitative estimate of drug-likeness (QED) is 0.528. The maximum atomic E-state index is 11.4. The Hall–Kier alpha value is -1.00. The molecule has 7 heavy (non-hydrogen) atoms. The molecule has 0 aliphatic carbocycles. The maximum Gasteiger partial charge on any atom is 0.205 e. The molecule has 0 aliphatic heterocycles. The largest absolute Gasteiger partial charge is 0.242 e. The average Bonchev–Trinajstić information content (AvgIpc) is 2.14. The van der Waals surface area contributed by atoms with Crippen LogP contribution in [0.1, 0.15) is 5.82 Å². The van der Waals surface area contributed by atoms with E-state index in [1.165, 1.54) is 0 Å². The molecular weight excluding hydrogens is 99.0 g/mol. The first-order valence-electron chi connectivity index (χ1n) is 1.72. The number of nitrogens with one attached hydrogen (secondary N) is 1. The molecule has 0 atom stereocenters. The molecule has 0 radical (unpaired) electrons. The summed E-state index contributed by atoms with van der Waals surface area (Å²) in [6.07, 6.45) is 0. The number of hydrogen-bond donors (Lipinski definition) is 1. The number of aromatic nitrogens is 4. The number of hydrogen-bond acceptors (Lipinski definition) is 3. The maximum absolute atomic E-state index is 11.4. The summed E-state index contributed by atoms with van der Waals surface area (Å²) in [6.45, 7) is -0.656. The fourth-order valence-corrected chi connectivity index (χ4v) is 0.239. The van der Waals surface area contributed by atoms with E-state index in [-0.39, 0.29) is 5.82 Å². The number of aromatic amines is 1. The normalized spacial score (nSPS) is 9.29. The molecule has 1 heterocycles. The second-order valence-corrected chi connectivity index (χ2v) is 0.962. The van der Waals surface area contributed by atoms with Crippen molar-refractivity contribution >= 4 is 0 Å². The van der Waals surface area contributed by atoms with E-state index in [9.17, 15) is 4.39 Å². The molecule has 0 unspecified atom stereocenters. The number of rotatable bonds is 1. The molecule has 0 aliphatic rings. The molecule has 0 fully saturated rings. The lowest BCUT2D eigenvalue weighted by Crippen LogP contribution is -1.78. The highest BCUT2D eigenvalue weighted by Crippen LogP contribution is 1.82. The van der Waals surface area contributed by atoms with Crippen LogP contribution in [0, 0.1) is 0 Å². The van der Waals surface area contributed by atoms with E-state index in [1.807, 2.05) is 0 Å². The Balaban J connectivity index is 2.76. The summed E-state index contributed by atoms with van der Waals surface area (Å²) < 4.78 is 11.4. The predicted octanol–water partition coefficient (Wildman–Crippen LogP) is -0.331. The van der Waals surface area contributed by atoms with Crippen LogP contribution < -0.4 is 0 Å². The van der Waals surface area contributed by atoms with Crippen LogP contribution in [0.15, 0.2) is 0 Å². The third-order valence-electron chi connectivity index (χ3n) is 0.509. The summed E-state index contributed by atoms with van der Waals surface area (Å²) in [6, 6.07) is 0. The Kier molecular flexibility index (Phi) is 0.972. The van der Waals surface area contributed by atoms with Crippen LogP contribution in [0.4, 0.5) is 4.39 Å². The van der Waals surface area contributed by atoms with Gasteiger partial charge in [0.25, 0.3) is 0 Å². The fraction of sp³-hybridized carbons (Fsp3) is 0.500. The number of tetrazole rings is 1. The first-order valence-corrected chi connectivity index (χ1v) is 1.72. The Bertz CT molecular complexity index is 124. The zero-order valence-electron chi connectivity index (χ0n) is 3.43. The van der Waals surface area contributed by atoms with Crippen molar-refractivity contribution in [3.63, 3.8) is 0 Å². The fourth-order valence-electron chi connectivity index (χ4n) is 0.239. The van der Waals surface area contributed by atoms with Gasteiger partial charge in [0.05, 0.1) is 0 Å². The van der Waals surface area contributed by atoms with Gasteiger partial charge in [-0.15, -0.1) is 10.2 Å². The molecule has 0 spiro atoms. The summed E-state index contributed by atoms with van der Waals surface area (Å²) in [4.78, 5) is 0. The van der Waals surface area contributed by atoms with Crippen LogP contribution in [0.3, 0.4) is 0 Å². The molecule has 0 saturated heterocycles. The number of H-pyrrole nitrogens is 1. The van der Waals surface area contributed by atoms with Gasteiger partial charge in [0, 0.05) is 0 Å². The van der Waals surface area contributed by atoms with Crippen LogP contribution in [0.2, 0.25) is 0 Å². The van der Waals surface area contributed by atoms with Gasteiger partial charge in [-0.2, -0.15) is 5.21 Å². The second kappa shape index (κ2) is 1.63. The molecule has 4 nitrogen and oxygen atoms in total. The van der Waals surface area contributed by atoms with Gasteiger partial charge in [0.15, 0.2) is 6.67 Å². The minimum Gasteiger partial charge on any atom is -0.242 e. The van der Waals surface area contributed by atoms with E-state index >= 15 is 0 Å². The summed E-state index contributed by atoms with van der Waals surface area (Å²) in [5.41, 5.74) is 0. The molecule has 0 bridgehead atoms. The molecule has 1 aromatic rings. The van der Waals surface area contributed by atoms with Crippen LogP contribution >= 0.6 is 0 Å². The Labute approximate surface area is 38.7 Å². The number of nitrogens with zero attached hydrogens (tertiary/aromatic N) is 3. The van der Waals surface area contributed by atoms with Gasteiger partial charge in [0.1, 0.15) is 0 Å². The lowest BCUT2D eigenvalue weighted by atomic mass is 10.7.